The molecule has 6 heteroatoms. The second-order valence-electron chi connectivity index (χ2n) is 23.4. The highest BCUT2D eigenvalue weighted by atomic mass is 16.6. The van der Waals surface area contributed by atoms with Crippen molar-refractivity contribution in [3.8, 4) is 0 Å². The molecule has 0 aliphatic rings. The van der Waals surface area contributed by atoms with Gasteiger partial charge in [-0.05, 0) is 128 Å². The van der Waals surface area contributed by atoms with Crippen LogP contribution in [0.15, 0.2) is 109 Å². The van der Waals surface area contributed by atoms with Gasteiger partial charge in [0, 0.05) is 19.3 Å². The third-order valence-electron chi connectivity index (χ3n) is 15.2. The van der Waals surface area contributed by atoms with Crippen LogP contribution in [-0.2, 0) is 28.6 Å². The van der Waals surface area contributed by atoms with E-state index in [4.69, 9.17) is 14.2 Å². The lowest BCUT2D eigenvalue weighted by Crippen LogP contribution is -2.30. The molecule has 0 rings (SSSR count). The van der Waals surface area contributed by atoms with E-state index in [0.29, 0.717) is 19.3 Å². The molecule has 0 heterocycles. The van der Waals surface area contributed by atoms with Crippen LogP contribution in [0, 0.1) is 0 Å². The standard InChI is InChI=1S/C77H132O6/c1-4-7-10-13-16-19-22-25-27-29-31-33-34-35-36-37-38-39-40-41-42-44-45-47-49-52-55-58-61-64-67-70-76(79)82-73-74(72-81-75(78)69-66-63-60-57-54-51-24-21-18-15-12-9-6-3)83-77(80)71-68-65-62-59-56-53-50-48-46-43-32-30-28-26-23-20-17-14-11-8-5-2/h7,10,16,19,21,24-25,27,30-33,35-36,38-39,41-42,74H,4-6,8-9,11-15,17-18,20,22-23,26,28-29,34,37,40,43-73H2,1-3H3/b10-7-,19-16-,24-21-,27-25-,32-30-,33-31-,36-35-,39-38-,42-41-. The van der Waals surface area contributed by atoms with Crippen LogP contribution in [-0.4, -0.2) is 37.2 Å². The van der Waals surface area contributed by atoms with Crippen molar-refractivity contribution in [2.45, 2.75) is 348 Å². The quantitative estimate of drug-likeness (QED) is 0.0261. The number of unbranched alkanes of at least 4 members (excludes halogenated alkanes) is 35. The molecule has 0 saturated carbocycles. The number of hydrogen-bond acceptors (Lipinski definition) is 6. The van der Waals surface area contributed by atoms with Gasteiger partial charge in [-0.25, -0.2) is 0 Å². The van der Waals surface area contributed by atoms with Gasteiger partial charge in [-0.3, -0.25) is 14.4 Å². The Labute approximate surface area is 514 Å². The summed E-state index contributed by atoms with van der Waals surface area (Å²) >= 11 is 0. The number of carbonyl (C=O) groups is 3. The highest BCUT2D eigenvalue weighted by Crippen LogP contribution is 2.17. The van der Waals surface area contributed by atoms with Gasteiger partial charge in [-0.1, -0.05) is 304 Å². The topological polar surface area (TPSA) is 78.9 Å². The van der Waals surface area contributed by atoms with E-state index in [9.17, 15) is 14.4 Å². The summed E-state index contributed by atoms with van der Waals surface area (Å²) < 4.78 is 17.0. The van der Waals surface area contributed by atoms with Gasteiger partial charge in [0.25, 0.3) is 0 Å². The van der Waals surface area contributed by atoms with Gasteiger partial charge in [-0.15, -0.1) is 0 Å². The molecule has 0 spiro atoms. The van der Waals surface area contributed by atoms with Crippen molar-refractivity contribution in [3.63, 3.8) is 0 Å². The summed E-state index contributed by atoms with van der Waals surface area (Å²) in [4.78, 5) is 38.4. The number of hydrogen-bond donors (Lipinski definition) is 0. The zero-order valence-electron chi connectivity index (χ0n) is 54.7. The van der Waals surface area contributed by atoms with Crippen LogP contribution in [0.1, 0.15) is 342 Å². The Morgan fingerprint density at radius 2 is 0.470 bits per heavy atom. The molecule has 0 aliphatic carbocycles. The molecule has 476 valence electrons. The van der Waals surface area contributed by atoms with E-state index in [1.54, 1.807) is 0 Å². The second-order valence-corrected chi connectivity index (χ2v) is 23.4. The van der Waals surface area contributed by atoms with E-state index in [1.807, 2.05) is 0 Å². The molecule has 0 N–H and O–H groups in total. The SMILES string of the molecule is CC/C=C\C/C=C\C/C=C\C/C=C\C/C=C\C/C=C\C/C=C\CCCCCCCCCCCC(=O)OCC(COC(=O)CCCCCCC/C=C\CCCCCC)OC(=O)CCCCCCCCCCC/C=C\CCCCCCCCCC. The molecule has 0 aromatic rings. The third-order valence-corrected chi connectivity index (χ3v) is 15.2. The van der Waals surface area contributed by atoms with Crippen LogP contribution < -0.4 is 0 Å². The lowest BCUT2D eigenvalue weighted by atomic mass is 10.1. The van der Waals surface area contributed by atoms with Gasteiger partial charge in [-0.2, -0.15) is 0 Å². The average molecular weight is 1150 g/mol. The van der Waals surface area contributed by atoms with Crippen molar-refractivity contribution in [2.75, 3.05) is 13.2 Å². The summed E-state index contributed by atoms with van der Waals surface area (Å²) in [5.41, 5.74) is 0. The molecular weight excluding hydrogens is 1020 g/mol. The van der Waals surface area contributed by atoms with Gasteiger partial charge in [0.1, 0.15) is 13.2 Å². The summed E-state index contributed by atoms with van der Waals surface area (Å²) in [5, 5.41) is 0. The van der Waals surface area contributed by atoms with Crippen LogP contribution in [0.4, 0.5) is 0 Å². The maximum Gasteiger partial charge on any atom is 0.306 e. The molecule has 0 radical (unpaired) electrons. The number of allylic oxidation sites excluding steroid dienone is 18. The summed E-state index contributed by atoms with van der Waals surface area (Å²) in [6.07, 6.45) is 96.8. The van der Waals surface area contributed by atoms with Crippen molar-refractivity contribution in [1.82, 2.24) is 0 Å². The minimum atomic E-state index is -0.787. The predicted molar refractivity (Wildman–Crippen MR) is 362 cm³/mol. The summed E-state index contributed by atoms with van der Waals surface area (Å²) in [6.45, 7) is 6.53. The molecule has 1 atom stereocenters. The molecule has 0 amide bonds. The minimum Gasteiger partial charge on any atom is -0.462 e. The summed E-state index contributed by atoms with van der Waals surface area (Å²) in [7, 11) is 0. The molecule has 0 fully saturated rings. The van der Waals surface area contributed by atoms with Gasteiger partial charge >= 0.3 is 17.9 Å². The first kappa shape index (κ1) is 79.1. The van der Waals surface area contributed by atoms with E-state index < -0.39 is 6.10 Å². The van der Waals surface area contributed by atoms with Crippen LogP contribution in [0.2, 0.25) is 0 Å². The molecule has 1 unspecified atom stereocenters. The smallest absolute Gasteiger partial charge is 0.306 e. The van der Waals surface area contributed by atoms with Crippen molar-refractivity contribution in [3.05, 3.63) is 109 Å². The summed E-state index contributed by atoms with van der Waals surface area (Å²) in [6, 6.07) is 0. The van der Waals surface area contributed by atoms with Crippen molar-refractivity contribution < 1.29 is 28.6 Å². The van der Waals surface area contributed by atoms with Crippen LogP contribution in [0.5, 0.6) is 0 Å². The normalized spacial score (nSPS) is 12.8. The molecule has 0 aromatic carbocycles. The fourth-order valence-corrected chi connectivity index (χ4v) is 9.94. The van der Waals surface area contributed by atoms with Gasteiger partial charge in [0.2, 0.25) is 0 Å². The van der Waals surface area contributed by atoms with E-state index in [-0.39, 0.29) is 31.1 Å². The molecule has 83 heavy (non-hydrogen) atoms. The van der Waals surface area contributed by atoms with Crippen LogP contribution >= 0.6 is 0 Å². The maximum atomic E-state index is 12.9. The molecule has 0 aromatic heterocycles. The lowest BCUT2D eigenvalue weighted by Gasteiger charge is -2.18. The fourth-order valence-electron chi connectivity index (χ4n) is 9.94. The fraction of sp³-hybridized carbons (Fsp3) is 0.727. The third kappa shape index (κ3) is 68.7. The molecule has 6 nitrogen and oxygen atoms in total. The van der Waals surface area contributed by atoms with E-state index in [0.717, 1.165) is 116 Å². The Morgan fingerprint density at radius 3 is 0.759 bits per heavy atom. The highest BCUT2D eigenvalue weighted by molar-refractivity contribution is 5.71. The van der Waals surface area contributed by atoms with Crippen LogP contribution in [0.25, 0.3) is 0 Å². The Hall–Kier alpha value is -3.93. The molecule has 0 aliphatic heterocycles. The number of carbonyl (C=O) groups excluding carboxylic acids is 3. The highest BCUT2D eigenvalue weighted by Gasteiger charge is 2.19. The molecule has 0 saturated heterocycles. The monoisotopic (exact) mass is 1150 g/mol. The Kier molecular flexibility index (Phi) is 67.2. The van der Waals surface area contributed by atoms with E-state index >= 15 is 0 Å². The van der Waals surface area contributed by atoms with Crippen LogP contribution in [0.3, 0.4) is 0 Å². The van der Waals surface area contributed by atoms with Gasteiger partial charge in [0.05, 0.1) is 0 Å². The second kappa shape index (κ2) is 70.6. The minimum absolute atomic E-state index is 0.0833. The average Bonchev–Trinajstić information content (AvgIpc) is 3.49. The van der Waals surface area contributed by atoms with Crippen molar-refractivity contribution in [2.24, 2.45) is 0 Å². The lowest BCUT2D eigenvalue weighted by molar-refractivity contribution is -0.167. The zero-order chi connectivity index (χ0) is 59.9. The molecular formula is C77H132O6. The number of rotatable bonds is 64. The van der Waals surface area contributed by atoms with E-state index in [1.165, 1.54) is 186 Å². The zero-order valence-corrected chi connectivity index (χ0v) is 54.7. The first-order valence-corrected chi connectivity index (χ1v) is 35.4. The Morgan fingerprint density at radius 1 is 0.253 bits per heavy atom. The number of ether oxygens (including phenoxy) is 3. The van der Waals surface area contributed by atoms with Gasteiger partial charge in [0.15, 0.2) is 6.10 Å². The first-order valence-electron chi connectivity index (χ1n) is 35.4. The maximum absolute atomic E-state index is 12.9. The van der Waals surface area contributed by atoms with Gasteiger partial charge < -0.3 is 14.2 Å². The number of esters is 3. The first-order chi connectivity index (χ1) is 41.0. The predicted octanol–water partition coefficient (Wildman–Crippen LogP) is 24.6. The Balaban J connectivity index is 4.29. The summed E-state index contributed by atoms with van der Waals surface area (Å²) in [5.74, 6) is -0.887. The molecule has 0 bridgehead atoms. The Bertz CT molecular complexity index is 1660. The van der Waals surface area contributed by atoms with Crippen molar-refractivity contribution >= 4 is 17.9 Å². The van der Waals surface area contributed by atoms with E-state index in [2.05, 4.69) is 130 Å². The largest absolute Gasteiger partial charge is 0.462 e. The van der Waals surface area contributed by atoms with Crippen molar-refractivity contribution in [1.29, 1.82) is 0 Å².